The third-order valence-corrected chi connectivity index (χ3v) is 6.00. The van der Waals surface area contributed by atoms with Gasteiger partial charge in [0.15, 0.2) is 5.13 Å². The molecule has 142 valence electrons. The largest absolute Gasteiger partial charge is 0.374 e. The second-order valence-corrected chi connectivity index (χ2v) is 8.11. The number of nitrogens with one attached hydrogen (secondary N) is 2. The molecule has 1 aliphatic carbocycles. The van der Waals surface area contributed by atoms with Gasteiger partial charge in [0.1, 0.15) is 5.82 Å². The lowest BCUT2D eigenvalue weighted by molar-refractivity contribution is 0.0457. The molecule has 0 aliphatic heterocycles. The van der Waals surface area contributed by atoms with Gasteiger partial charge in [-0.1, -0.05) is 30.2 Å². The van der Waals surface area contributed by atoms with Crippen molar-refractivity contribution in [2.24, 2.45) is 0 Å². The summed E-state index contributed by atoms with van der Waals surface area (Å²) >= 11 is 1.62. The zero-order valence-electron chi connectivity index (χ0n) is 15.4. The molecule has 28 heavy (non-hydrogen) atoms. The van der Waals surface area contributed by atoms with Gasteiger partial charge in [0, 0.05) is 18.0 Å². The number of thiazole rings is 1. The Hall–Kier alpha value is -2.77. The van der Waals surface area contributed by atoms with Gasteiger partial charge in [0.2, 0.25) is 0 Å². The Balaban J connectivity index is 1.31. The number of aromatic nitrogens is 4. The van der Waals surface area contributed by atoms with E-state index < -0.39 is 0 Å². The third kappa shape index (κ3) is 3.76. The van der Waals surface area contributed by atoms with Crippen molar-refractivity contribution in [3.05, 3.63) is 54.5 Å². The summed E-state index contributed by atoms with van der Waals surface area (Å²) in [6, 6.07) is 10.3. The summed E-state index contributed by atoms with van der Waals surface area (Å²) in [7, 11) is 0. The van der Waals surface area contributed by atoms with Crippen LogP contribution in [0.4, 0.5) is 10.9 Å². The van der Waals surface area contributed by atoms with Crippen molar-refractivity contribution in [1.29, 1.82) is 0 Å². The number of hydrogen-bond acceptors (Lipinski definition) is 6. The molecule has 0 saturated heterocycles. The fourth-order valence-electron chi connectivity index (χ4n) is 3.58. The number of ether oxygens (including phenoxy) is 1. The van der Waals surface area contributed by atoms with Crippen molar-refractivity contribution in [2.75, 3.05) is 5.32 Å². The highest BCUT2D eigenvalue weighted by atomic mass is 32.1. The molecule has 1 fully saturated rings. The monoisotopic (exact) mass is 391 g/mol. The quantitative estimate of drug-likeness (QED) is 0.467. The molecule has 2 N–H and O–H groups in total. The Bertz CT molecular complexity index is 1070. The second kappa shape index (κ2) is 7.69. The maximum atomic E-state index is 6.01. The van der Waals surface area contributed by atoms with E-state index in [1.54, 1.807) is 11.3 Å². The maximum Gasteiger partial charge on any atom is 0.189 e. The van der Waals surface area contributed by atoms with Gasteiger partial charge in [-0.25, -0.2) is 9.97 Å². The number of fused-ring (bicyclic) bond motifs is 1. The van der Waals surface area contributed by atoms with Crippen LogP contribution in [0, 0.1) is 0 Å². The van der Waals surface area contributed by atoms with Gasteiger partial charge < -0.3 is 10.1 Å². The van der Waals surface area contributed by atoms with E-state index in [0.29, 0.717) is 12.7 Å². The van der Waals surface area contributed by atoms with E-state index in [2.05, 4.69) is 37.6 Å². The van der Waals surface area contributed by atoms with Crippen molar-refractivity contribution in [3.63, 3.8) is 0 Å². The predicted octanol–water partition coefficient (Wildman–Crippen LogP) is 5.28. The predicted molar refractivity (Wildman–Crippen MR) is 112 cm³/mol. The van der Waals surface area contributed by atoms with Crippen molar-refractivity contribution in [2.45, 2.75) is 38.4 Å². The molecule has 3 heterocycles. The van der Waals surface area contributed by atoms with Gasteiger partial charge in [0.05, 0.1) is 29.1 Å². The van der Waals surface area contributed by atoms with E-state index >= 15 is 0 Å². The van der Waals surface area contributed by atoms with Gasteiger partial charge >= 0.3 is 0 Å². The summed E-state index contributed by atoms with van der Waals surface area (Å²) in [6.07, 6.45) is 10.9. The molecule has 0 spiro atoms. The second-order valence-electron chi connectivity index (χ2n) is 7.08. The average molecular weight is 392 g/mol. The molecule has 0 atom stereocenters. The molecule has 1 saturated carbocycles. The van der Waals surface area contributed by atoms with Crippen molar-refractivity contribution in [1.82, 2.24) is 20.2 Å². The van der Waals surface area contributed by atoms with E-state index in [1.807, 2.05) is 36.8 Å². The number of rotatable bonds is 6. The number of H-pyrrole nitrogens is 1. The summed E-state index contributed by atoms with van der Waals surface area (Å²) in [5.74, 6) is 0.793. The van der Waals surface area contributed by atoms with Crippen LogP contribution in [-0.4, -0.2) is 26.3 Å². The van der Waals surface area contributed by atoms with E-state index in [0.717, 1.165) is 37.9 Å². The van der Waals surface area contributed by atoms with E-state index in [4.69, 9.17) is 4.74 Å². The first-order chi connectivity index (χ1) is 13.8. The lowest BCUT2D eigenvalue weighted by Crippen LogP contribution is -2.07. The van der Waals surface area contributed by atoms with Crippen LogP contribution in [0.5, 0.6) is 0 Å². The van der Waals surface area contributed by atoms with Crippen molar-refractivity contribution < 1.29 is 4.74 Å². The van der Waals surface area contributed by atoms with Crippen molar-refractivity contribution in [3.8, 4) is 11.1 Å². The van der Waals surface area contributed by atoms with Gasteiger partial charge in [-0.3, -0.25) is 5.10 Å². The van der Waals surface area contributed by atoms with Crippen LogP contribution >= 0.6 is 11.3 Å². The lowest BCUT2D eigenvalue weighted by Gasteiger charge is -2.11. The average Bonchev–Trinajstić information content (AvgIpc) is 3.47. The Kier molecular flexibility index (Phi) is 4.76. The zero-order valence-corrected chi connectivity index (χ0v) is 16.2. The molecule has 0 bridgehead atoms. The number of benzene rings is 1. The lowest BCUT2D eigenvalue weighted by atomic mass is 10.1. The summed E-state index contributed by atoms with van der Waals surface area (Å²) < 4.78 is 7.14. The summed E-state index contributed by atoms with van der Waals surface area (Å²) in [5.41, 5.74) is 4.30. The molecule has 1 aliphatic rings. The molecular formula is C21H21N5OS. The van der Waals surface area contributed by atoms with Gasteiger partial charge in [0.25, 0.3) is 0 Å². The molecule has 0 unspecified atom stereocenters. The first-order valence-electron chi connectivity index (χ1n) is 9.57. The van der Waals surface area contributed by atoms with Gasteiger partial charge in [-0.2, -0.15) is 5.10 Å². The number of anilines is 2. The van der Waals surface area contributed by atoms with Gasteiger partial charge in [-0.15, -0.1) is 0 Å². The summed E-state index contributed by atoms with van der Waals surface area (Å²) in [5, 5.41) is 11.0. The SMILES string of the molecule is c1cc(COC2CCCC2)cc(Nc2nc3ccc(-c4cn[nH]c4)cc3s2)n1. The Morgan fingerprint density at radius 3 is 2.93 bits per heavy atom. The molecule has 5 rings (SSSR count). The fourth-order valence-corrected chi connectivity index (χ4v) is 4.49. The number of hydrogen-bond donors (Lipinski definition) is 2. The summed E-state index contributed by atoms with van der Waals surface area (Å²) in [6.45, 7) is 0.635. The maximum absolute atomic E-state index is 6.01. The Morgan fingerprint density at radius 1 is 1.14 bits per heavy atom. The molecule has 1 aromatic carbocycles. The molecular weight excluding hydrogens is 370 g/mol. The van der Waals surface area contributed by atoms with Crippen LogP contribution in [0.3, 0.4) is 0 Å². The standard InChI is InChI=1S/C21H21N5OS/c1-2-4-17(3-1)27-13-14-7-8-22-20(9-14)26-21-25-18-6-5-15(10-19(18)28-21)16-11-23-24-12-16/h5-12,17H,1-4,13H2,(H,23,24)(H,22,25,26). The first kappa shape index (κ1) is 17.3. The van der Waals surface area contributed by atoms with E-state index in [-0.39, 0.29) is 0 Å². The number of pyridine rings is 1. The van der Waals surface area contributed by atoms with Crippen LogP contribution in [-0.2, 0) is 11.3 Å². The minimum Gasteiger partial charge on any atom is -0.374 e. The normalized spacial score (nSPS) is 14.7. The molecule has 7 heteroatoms. The highest BCUT2D eigenvalue weighted by molar-refractivity contribution is 7.22. The Morgan fingerprint density at radius 2 is 2.07 bits per heavy atom. The highest BCUT2D eigenvalue weighted by Gasteiger charge is 2.15. The van der Waals surface area contributed by atoms with Crippen LogP contribution in [0.1, 0.15) is 31.2 Å². The van der Waals surface area contributed by atoms with Crippen LogP contribution in [0.25, 0.3) is 21.3 Å². The third-order valence-electron chi connectivity index (χ3n) is 5.07. The minimum atomic E-state index is 0.415. The van der Waals surface area contributed by atoms with Gasteiger partial charge in [-0.05, 0) is 48.2 Å². The molecule has 4 aromatic rings. The minimum absolute atomic E-state index is 0.415. The smallest absolute Gasteiger partial charge is 0.189 e. The van der Waals surface area contributed by atoms with E-state index in [1.165, 1.54) is 25.7 Å². The van der Waals surface area contributed by atoms with Crippen LogP contribution < -0.4 is 5.32 Å². The van der Waals surface area contributed by atoms with Crippen LogP contribution in [0.15, 0.2) is 48.9 Å². The van der Waals surface area contributed by atoms with Crippen molar-refractivity contribution >= 4 is 32.5 Å². The summed E-state index contributed by atoms with van der Waals surface area (Å²) in [4.78, 5) is 9.11. The molecule has 3 aromatic heterocycles. The first-order valence-corrected chi connectivity index (χ1v) is 10.4. The van der Waals surface area contributed by atoms with Crippen LogP contribution in [0.2, 0.25) is 0 Å². The van der Waals surface area contributed by atoms with E-state index in [9.17, 15) is 0 Å². The molecule has 0 radical (unpaired) electrons. The number of nitrogens with zero attached hydrogens (tertiary/aromatic N) is 3. The molecule has 6 nitrogen and oxygen atoms in total. The highest BCUT2D eigenvalue weighted by Crippen LogP contribution is 2.31. The number of aromatic amines is 1. The Labute approximate surface area is 167 Å². The molecule has 0 amide bonds. The topological polar surface area (TPSA) is 75.7 Å². The fraction of sp³-hybridized carbons (Fsp3) is 0.286. The zero-order chi connectivity index (χ0) is 18.8.